The molecule has 1 rings (SSSR count). The molecule has 2 heteroatoms. The molecule has 0 aromatic heterocycles. The third-order valence-electron chi connectivity index (χ3n) is 1.44. The predicted octanol–water partition coefficient (Wildman–Crippen LogP) is 0.974. The lowest BCUT2D eigenvalue weighted by molar-refractivity contribution is -0.158. The molecule has 1 aliphatic rings. The first-order valence-electron chi connectivity index (χ1n) is 2.81. The Morgan fingerprint density at radius 2 is 2.50 bits per heavy atom. The Hall–Kier alpha value is -0.0800. The van der Waals surface area contributed by atoms with Crippen LogP contribution in [0, 0.1) is 6.92 Å². The molecule has 0 saturated carbocycles. The first-order valence-corrected chi connectivity index (χ1v) is 2.81. The molecule has 0 bridgehead atoms. The quantitative estimate of drug-likeness (QED) is 0.507. The van der Waals surface area contributed by atoms with Crippen molar-refractivity contribution in [1.29, 1.82) is 0 Å². The van der Waals surface area contributed by atoms with Crippen LogP contribution in [0.1, 0.15) is 12.8 Å². The Morgan fingerprint density at radius 1 is 1.75 bits per heavy atom. The van der Waals surface area contributed by atoms with Crippen LogP contribution >= 0.6 is 0 Å². The molecule has 8 heavy (non-hydrogen) atoms. The minimum Gasteiger partial charge on any atom is -0.353 e. The number of hydrogen-bond acceptors (Lipinski definition) is 2. The highest BCUT2D eigenvalue weighted by Gasteiger charge is 2.28. The maximum Gasteiger partial charge on any atom is 0.168 e. The van der Waals surface area contributed by atoms with Gasteiger partial charge in [0.05, 0.1) is 6.61 Å². The van der Waals surface area contributed by atoms with Crippen LogP contribution in [-0.4, -0.2) is 19.5 Å². The van der Waals surface area contributed by atoms with Crippen LogP contribution in [0.15, 0.2) is 0 Å². The van der Waals surface area contributed by atoms with Gasteiger partial charge >= 0.3 is 0 Å². The lowest BCUT2D eigenvalue weighted by Crippen LogP contribution is -2.25. The van der Waals surface area contributed by atoms with E-state index < -0.39 is 5.79 Å². The van der Waals surface area contributed by atoms with Gasteiger partial charge in [-0.05, 0) is 6.42 Å². The Labute approximate surface area is 49.8 Å². The molecule has 0 aromatic rings. The van der Waals surface area contributed by atoms with Crippen molar-refractivity contribution in [2.24, 2.45) is 0 Å². The maximum atomic E-state index is 5.16. The summed E-state index contributed by atoms with van der Waals surface area (Å²) in [5.41, 5.74) is 0. The van der Waals surface area contributed by atoms with Gasteiger partial charge in [0, 0.05) is 20.5 Å². The Morgan fingerprint density at radius 3 is 2.75 bits per heavy atom. The van der Waals surface area contributed by atoms with E-state index in [1.54, 1.807) is 7.11 Å². The molecule has 0 amide bonds. The zero-order valence-electron chi connectivity index (χ0n) is 5.14. The maximum absolute atomic E-state index is 5.16. The van der Waals surface area contributed by atoms with Gasteiger partial charge in [-0.1, -0.05) is 0 Å². The standard InChI is InChI=1S/C6H11O2/c1-6(7-2)4-3-5-8-6/h1,3-5H2,2H3. The largest absolute Gasteiger partial charge is 0.353 e. The second kappa shape index (κ2) is 2.03. The molecule has 1 radical (unpaired) electrons. The van der Waals surface area contributed by atoms with Gasteiger partial charge in [0.15, 0.2) is 5.79 Å². The molecule has 1 atom stereocenters. The number of rotatable bonds is 1. The second-order valence-electron chi connectivity index (χ2n) is 2.07. The molecular formula is C6H11O2. The van der Waals surface area contributed by atoms with Gasteiger partial charge in [-0.2, -0.15) is 0 Å². The average molecular weight is 115 g/mol. The fraction of sp³-hybridized carbons (Fsp3) is 0.833. The van der Waals surface area contributed by atoms with Crippen molar-refractivity contribution in [3.8, 4) is 0 Å². The van der Waals surface area contributed by atoms with Crippen LogP contribution in [0.4, 0.5) is 0 Å². The summed E-state index contributed by atoms with van der Waals surface area (Å²) >= 11 is 0. The molecule has 1 heterocycles. The summed E-state index contributed by atoms with van der Waals surface area (Å²) in [6.45, 7) is 4.53. The van der Waals surface area contributed by atoms with Gasteiger partial charge in [-0.15, -0.1) is 0 Å². The predicted molar refractivity (Wildman–Crippen MR) is 30.3 cm³/mol. The SMILES string of the molecule is [CH2]C1(OC)CCCO1. The van der Waals surface area contributed by atoms with E-state index in [0.29, 0.717) is 0 Å². The van der Waals surface area contributed by atoms with Gasteiger partial charge in [-0.25, -0.2) is 0 Å². The summed E-state index contributed by atoms with van der Waals surface area (Å²) in [4.78, 5) is 0. The normalized spacial score (nSPS) is 38.2. The van der Waals surface area contributed by atoms with E-state index in [2.05, 4.69) is 6.92 Å². The summed E-state index contributed by atoms with van der Waals surface area (Å²) in [5, 5.41) is 0. The van der Waals surface area contributed by atoms with E-state index in [1.165, 1.54) is 0 Å². The van der Waals surface area contributed by atoms with Crippen molar-refractivity contribution >= 4 is 0 Å². The summed E-state index contributed by atoms with van der Waals surface area (Å²) in [6, 6.07) is 0. The molecule has 0 spiro atoms. The second-order valence-corrected chi connectivity index (χ2v) is 2.07. The molecule has 2 nitrogen and oxygen atoms in total. The van der Waals surface area contributed by atoms with Gasteiger partial charge in [0.2, 0.25) is 0 Å². The molecule has 47 valence electrons. The first kappa shape index (κ1) is 6.05. The molecule has 1 unspecified atom stereocenters. The Balaban J connectivity index is 2.40. The Bertz CT molecular complexity index is 74.6. The van der Waals surface area contributed by atoms with E-state index in [1.807, 2.05) is 0 Å². The van der Waals surface area contributed by atoms with Gasteiger partial charge < -0.3 is 9.47 Å². The molecule has 1 saturated heterocycles. The molecule has 0 N–H and O–H groups in total. The molecular weight excluding hydrogens is 104 g/mol. The third kappa shape index (κ3) is 1.01. The number of ether oxygens (including phenoxy) is 2. The first-order chi connectivity index (χ1) is 3.77. The topological polar surface area (TPSA) is 18.5 Å². The number of methoxy groups -OCH3 is 1. The lowest BCUT2D eigenvalue weighted by Gasteiger charge is -2.19. The van der Waals surface area contributed by atoms with Gasteiger partial charge in [0.1, 0.15) is 0 Å². The van der Waals surface area contributed by atoms with Crippen molar-refractivity contribution in [3.05, 3.63) is 6.92 Å². The van der Waals surface area contributed by atoms with Crippen LogP contribution in [0.5, 0.6) is 0 Å². The van der Waals surface area contributed by atoms with E-state index in [9.17, 15) is 0 Å². The van der Waals surface area contributed by atoms with E-state index >= 15 is 0 Å². The fourth-order valence-electron chi connectivity index (χ4n) is 0.833. The monoisotopic (exact) mass is 115 g/mol. The van der Waals surface area contributed by atoms with Crippen LogP contribution < -0.4 is 0 Å². The van der Waals surface area contributed by atoms with Crippen molar-refractivity contribution in [2.75, 3.05) is 13.7 Å². The Kier molecular flexibility index (Phi) is 1.54. The van der Waals surface area contributed by atoms with Crippen molar-refractivity contribution in [2.45, 2.75) is 18.6 Å². The lowest BCUT2D eigenvalue weighted by atomic mass is 10.2. The van der Waals surface area contributed by atoms with Crippen LogP contribution in [0.25, 0.3) is 0 Å². The van der Waals surface area contributed by atoms with Crippen molar-refractivity contribution in [1.82, 2.24) is 0 Å². The average Bonchev–Trinajstić information content (AvgIpc) is 2.17. The van der Waals surface area contributed by atoms with E-state index in [4.69, 9.17) is 9.47 Å². The third-order valence-corrected chi connectivity index (χ3v) is 1.44. The minimum atomic E-state index is -0.514. The van der Waals surface area contributed by atoms with Gasteiger partial charge in [0.25, 0.3) is 0 Å². The zero-order valence-corrected chi connectivity index (χ0v) is 5.14. The number of hydrogen-bond donors (Lipinski definition) is 0. The molecule has 0 aliphatic carbocycles. The highest BCUT2D eigenvalue weighted by atomic mass is 16.7. The molecule has 0 aromatic carbocycles. The van der Waals surface area contributed by atoms with E-state index in [0.717, 1.165) is 19.4 Å². The smallest absolute Gasteiger partial charge is 0.168 e. The summed E-state index contributed by atoms with van der Waals surface area (Å²) in [7, 11) is 1.62. The van der Waals surface area contributed by atoms with Crippen LogP contribution in [-0.2, 0) is 9.47 Å². The molecule has 1 fully saturated rings. The minimum absolute atomic E-state index is 0.514. The van der Waals surface area contributed by atoms with Crippen molar-refractivity contribution < 1.29 is 9.47 Å². The highest BCUT2D eigenvalue weighted by molar-refractivity contribution is 4.76. The summed E-state index contributed by atoms with van der Waals surface area (Å²) in [6.07, 6.45) is 1.99. The fourth-order valence-corrected chi connectivity index (χ4v) is 0.833. The van der Waals surface area contributed by atoms with E-state index in [-0.39, 0.29) is 0 Å². The van der Waals surface area contributed by atoms with Crippen LogP contribution in [0.2, 0.25) is 0 Å². The summed E-state index contributed by atoms with van der Waals surface area (Å²) < 4.78 is 10.1. The highest BCUT2D eigenvalue weighted by Crippen LogP contribution is 2.24. The van der Waals surface area contributed by atoms with Crippen LogP contribution in [0.3, 0.4) is 0 Å². The zero-order chi connectivity index (χ0) is 6.04. The van der Waals surface area contributed by atoms with Gasteiger partial charge in [-0.3, -0.25) is 0 Å². The summed E-state index contributed by atoms with van der Waals surface area (Å²) in [5.74, 6) is -0.514. The van der Waals surface area contributed by atoms with Crippen molar-refractivity contribution in [3.63, 3.8) is 0 Å². The molecule has 1 aliphatic heterocycles.